The highest BCUT2D eigenvalue weighted by Crippen LogP contribution is 2.06. The second kappa shape index (κ2) is 4.45. The minimum Gasteiger partial charge on any atom is -0.394 e. The summed E-state index contributed by atoms with van der Waals surface area (Å²) < 4.78 is 0. The van der Waals surface area contributed by atoms with Gasteiger partial charge in [-0.1, -0.05) is 0 Å². The summed E-state index contributed by atoms with van der Waals surface area (Å²) in [7, 11) is 0. The molecular weight excluding hydrogens is 208 g/mol. The largest absolute Gasteiger partial charge is 0.394 e. The van der Waals surface area contributed by atoms with Gasteiger partial charge in [0.2, 0.25) is 0 Å². The molecule has 0 aromatic rings. The van der Waals surface area contributed by atoms with E-state index in [0.29, 0.717) is 0 Å². The smallest absolute Gasteiger partial charge is 0.348 e. The van der Waals surface area contributed by atoms with Crippen molar-refractivity contribution in [3.8, 4) is 0 Å². The molecular formula is C7H10N2O6. The maximum atomic E-state index is 11.0. The van der Waals surface area contributed by atoms with Crippen molar-refractivity contribution >= 4 is 17.6 Å². The summed E-state index contributed by atoms with van der Waals surface area (Å²) in [4.78, 5) is 24.7. The number of aliphatic hydroxyl groups excluding tert-OH is 4. The van der Waals surface area contributed by atoms with Crippen molar-refractivity contribution in [1.82, 2.24) is 5.32 Å². The van der Waals surface area contributed by atoms with Gasteiger partial charge < -0.3 is 20.4 Å². The second-order valence-corrected chi connectivity index (χ2v) is 2.94. The summed E-state index contributed by atoms with van der Waals surface area (Å²) in [5.41, 5.74) is -0.583. The Morgan fingerprint density at radius 2 is 1.87 bits per heavy atom. The van der Waals surface area contributed by atoms with Crippen LogP contribution < -0.4 is 5.32 Å². The van der Waals surface area contributed by atoms with Crippen molar-refractivity contribution in [1.29, 1.82) is 0 Å². The number of hydrogen-bond acceptors (Lipinski definition) is 6. The third-order valence-corrected chi connectivity index (χ3v) is 1.86. The number of imide groups is 1. The van der Waals surface area contributed by atoms with Crippen LogP contribution in [0.4, 0.5) is 4.79 Å². The van der Waals surface area contributed by atoms with Gasteiger partial charge in [0.1, 0.15) is 24.0 Å². The molecule has 0 fully saturated rings. The summed E-state index contributed by atoms with van der Waals surface area (Å²) in [6.07, 6.45) is -5.23. The molecule has 84 valence electrons. The van der Waals surface area contributed by atoms with Crippen LogP contribution in [0.3, 0.4) is 0 Å². The van der Waals surface area contributed by atoms with Gasteiger partial charge in [-0.2, -0.15) is 4.99 Å². The van der Waals surface area contributed by atoms with E-state index in [1.54, 1.807) is 5.32 Å². The lowest BCUT2D eigenvalue weighted by molar-refractivity contribution is -0.114. The molecule has 0 aliphatic carbocycles. The van der Waals surface area contributed by atoms with Crippen LogP contribution >= 0.6 is 0 Å². The van der Waals surface area contributed by atoms with Gasteiger partial charge in [0.15, 0.2) is 0 Å². The number of nitrogens with zero attached hydrogens (tertiary/aromatic N) is 1. The minimum absolute atomic E-state index is 0.583. The number of aliphatic hydroxyl groups is 4. The Kier molecular flexibility index (Phi) is 3.48. The van der Waals surface area contributed by atoms with Crippen molar-refractivity contribution in [2.24, 2.45) is 4.99 Å². The molecule has 8 heteroatoms. The molecule has 1 aliphatic heterocycles. The van der Waals surface area contributed by atoms with Crippen molar-refractivity contribution in [3.63, 3.8) is 0 Å². The van der Waals surface area contributed by atoms with Crippen LogP contribution in [0.1, 0.15) is 0 Å². The molecule has 1 aliphatic rings. The molecule has 0 bridgehead atoms. The highest BCUT2D eigenvalue weighted by atomic mass is 16.4. The molecule has 0 aromatic carbocycles. The fourth-order valence-corrected chi connectivity index (χ4v) is 1.03. The second-order valence-electron chi connectivity index (χ2n) is 2.94. The lowest BCUT2D eigenvalue weighted by Gasteiger charge is -2.20. The Labute approximate surface area is 83.9 Å². The van der Waals surface area contributed by atoms with Gasteiger partial charge in [0, 0.05) is 0 Å². The standard InChI is InChI=1S/C7H10N2O6/c10-1-2(11)4(12)5(13)3-6(14)9-7(15)8-3/h2,4-5,10-13H,1H2,(H,9,14,15). The summed E-state index contributed by atoms with van der Waals surface area (Å²) in [6, 6.07) is -0.945. The van der Waals surface area contributed by atoms with Crippen LogP contribution in [0.15, 0.2) is 4.99 Å². The van der Waals surface area contributed by atoms with Crippen molar-refractivity contribution in [3.05, 3.63) is 0 Å². The summed E-state index contributed by atoms with van der Waals surface area (Å²) in [5.74, 6) is -0.934. The molecule has 15 heavy (non-hydrogen) atoms. The fourth-order valence-electron chi connectivity index (χ4n) is 1.03. The van der Waals surface area contributed by atoms with Gasteiger partial charge >= 0.3 is 6.03 Å². The molecule has 0 saturated carbocycles. The molecule has 0 aromatic heterocycles. The van der Waals surface area contributed by atoms with Crippen molar-refractivity contribution in [2.45, 2.75) is 18.3 Å². The summed E-state index contributed by atoms with van der Waals surface area (Å²) in [5, 5.41) is 37.8. The Morgan fingerprint density at radius 3 is 2.27 bits per heavy atom. The van der Waals surface area contributed by atoms with E-state index >= 15 is 0 Å². The Hall–Kier alpha value is -1.35. The van der Waals surface area contributed by atoms with E-state index in [-0.39, 0.29) is 0 Å². The van der Waals surface area contributed by atoms with Crippen LogP contribution in [-0.2, 0) is 4.79 Å². The molecule has 3 unspecified atom stereocenters. The van der Waals surface area contributed by atoms with Gasteiger partial charge in [-0.3, -0.25) is 10.1 Å². The normalized spacial score (nSPS) is 22.0. The molecule has 5 N–H and O–H groups in total. The number of rotatable bonds is 4. The fraction of sp³-hybridized carbons (Fsp3) is 0.571. The number of aliphatic imine (C=N–C) groups is 1. The zero-order valence-corrected chi connectivity index (χ0v) is 7.49. The maximum absolute atomic E-state index is 11.0. The molecule has 0 spiro atoms. The number of hydrogen-bond donors (Lipinski definition) is 5. The van der Waals surface area contributed by atoms with Gasteiger partial charge in [-0.05, 0) is 0 Å². The predicted molar refractivity (Wildman–Crippen MR) is 46.1 cm³/mol. The van der Waals surface area contributed by atoms with Crippen LogP contribution in [0.2, 0.25) is 0 Å². The molecule has 8 nitrogen and oxygen atoms in total. The molecule has 0 radical (unpaired) electrons. The SMILES string of the molecule is O=C1N=C(C(O)C(O)C(O)CO)C(=O)N1. The van der Waals surface area contributed by atoms with E-state index in [1.807, 2.05) is 0 Å². The van der Waals surface area contributed by atoms with E-state index in [4.69, 9.17) is 10.2 Å². The van der Waals surface area contributed by atoms with Gasteiger partial charge in [-0.25, -0.2) is 4.79 Å². The zero-order chi connectivity index (χ0) is 11.6. The van der Waals surface area contributed by atoms with Gasteiger partial charge in [-0.15, -0.1) is 0 Å². The molecule has 1 heterocycles. The van der Waals surface area contributed by atoms with E-state index in [0.717, 1.165) is 0 Å². The quantitative estimate of drug-likeness (QED) is 0.336. The monoisotopic (exact) mass is 218 g/mol. The predicted octanol–water partition coefficient (Wildman–Crippen LogP) is -3.25. The number of carbonyl (C=O) groups excluding carboxylic acids is 2. The first-order valence-electron chi connectivity index (χ1n) is 4.06. The third kappa shape index (κ3) is 2.36. The molecule has 3 amide bonds. The summed E-state index contributed by atoms with van der Waals surface area (Å²) in [6.45, 7) is -0.791. The Bertz CT molecular complexity index is 315. The molecule has 0 saturated heterocycles. The van der Waals surface area contributed by atoms with Gasteiger partial charge in [0.05, 0.1) is 6.61 Å². The lowest BCUT2D eigenvalue weighted by Crippen LogP contribution is -2.46. The van der Waals surface area contributed by atoms with Crippen molar-refractivity contribution in [2.75, 3.05) is 6.61 Å². The average molecular weight is 218 g/mol. The highest BCUT2D eigenvalue weighted by Gasteiger charge is 2.36. The molecule has 1 rings (SSSR count). The number of amides is 3. The first-order chi connectivity index (χ1) is 6.97. The zero-order valence-electron chi connectivity index (χ0n) is 7.49. The van der Waals surface area contributed by atoms with Crippen molar-refractivity contribution < 1.29 is 30.0 Å². The van der Waals surface area contributed by atoms with Crippen LogP contribution in [0, 0.1) is 0 Å². The van der Waals surface area contributed by atoms with E-state index in [1.165, 1.54) is 0 Å². The van der Waals surface area contributed by atoms with Gasteiger partial charge in [0.25, 0.3) is 5.91 Å². The lowest BCUT2D eigenvalue weighted by atomic mass is 10.0. The highest BCUT2D eigenvalue weighted by molar-refractivity contribution is 6.47. The molecule has 3 atom stereocenters. The van der Waals surface area contributed by atoms with Crippen LogP contribution in [-0.4, -0.2) is 63.0 Å². The maximum Gasteiger partial charge on any atom is 0.348 e. The first kappa shape index (κ1) is 11.7. The Balaban J connectivity index is 2.76. The average Bonchev–Trinajstić information content (AvgIpc) is 2.54. The van der Waals surface area contributed by atoms with E-state index < -0.39 is 42.6 Å². The van der Waals surface area contributed by atoms with E-state index in [9.17, 15) is 19.8 Å². The third-order valence-electron chi connectivity index (χ3n) is 1.86. The first-order valence-corrected chi connectivity index (χ1v) is 4.06. The number of urea groups is 1. The van der Waals surface area contributed by atoms with Crippen LogP contribution in [0.25, 0.3) is 0 Å². The number of nitrogens with one attached hydrogen (secondary N) is 1. The van der Waals surface area contributed by atoms with Crippen LogP contribution in [0.5, 0.6) is 0 Å². The summed E-state index contributed by atoms with van der Waals surface area (Å²) >= 11 is 0. The number of carbonyl (C=O) groups is 2. The minimum atomic E-state index is -1.82. The van der Waals surface area contributed by atoms with E-state index in [2.05, 4.69) is 4.99 Å². The topological polar surface area (TPSA) is 139 Å². The Morgan fingerprint density at radius 1 is 1.27 bits per heavy atom.